The molecule has 4 nitrogen and oxygen atoms in total. The lowest BCUT2D eigenvalue weighted by molar-refractivity contribution is 0.448. The second-order valence-corrected chi connectivity index (χ2v) is 4.91. The molecule has 4 heteroatoms. The summed E-state index contributed by atoms with van der Waals surface area (Å²) in [7, 11) is 0. The summed E-state index contributed by atoms with van der Waals surface area (Å²) < 4.78 is 5.54. The normalized spacial score (nSPS) is 11.1. The first-order valence-electron chi connectivity index (χ1n) is 6.68. The quantitative estimate of drug-likeness (QED) is 0.789. The molecule has 1 N–H and O–H groups in total. The van der Waals surface area contributed by atoms with Crippen LogP contribution in [0.1, 0.15) is 22.9 Å². The van der Waals surface area contributed by atoms with Crippen LogP contribution >= 0.6 is 0 Å². The molecule has 0 atom stereocenters. The number of rotatable bonds is 4. The smallest absolute Gasteiger partial charge is 0.208 e. The maximum Gasteiger partial charge on any atom is 0.208 e. The van der Waals surface area contributed by atoms with Crippen molar-refractivity contribution >= 4 is 10.8 Å². The monoisotopic (exact) mass is 267 g/mol. The van der Waals surface area contributed by atoms with E-state index in [0.717, 1.165) is 29.3 Å². The molecule has 3 aromatic rings. The topological polar surface area (TPSA) is 51.0 Å². The first-order valence-corrected chi connectivity index (χ1v) is 6.68. The van der Waals surface area contributed by atoms with Gasteiger partial charge in [-0.1, -0.05) is 12.1 Å². The second kappa shape index (κ2) is 5.43. The van der Waals surface area contributed by atoms with Gasteiger partial charge in [0.2, 0.25) is 5.89 Å². The molecule has 0 amide bonds. The van der Waals surface area contributed by atoms with E-state index in [-0.39, 0.29) is 0 Å². The number of hydrogen-bond acceptors (Lipinski definition) is 4. The van der Waals surface area contributed by atoms with Crippen LogP contribution in [0.2, 0.25) is 0 Å². The van der Waals surface area contributed by atoms with Crippen molar-refractivity contribution < 1.29 is 4.42 Å². The van der Waals surface area contributed by atoms with Crippen molar-refractivity contribution in [3.63, 3.8) is 0 Å². The van der Waals surface area contributed by atoms with Crippen LogP contribution in [0.3, 0.4) is 0 Å². The van der Waals surface area contributed by atoms with Crippen molar-refractivity contribution in [1.82, 2.24) is 15.3 Å². The Hall–Kier alpha value is -2.20. The molecule has 0 aliphatic rings. The summed E-state index contributed by atoms with van der Waals surface area (Å²) in [5.74, 6) is 1.63. The van der Waals surface area contributed by atoms with E-state index in [1.165, 1.54) is 10.9 Å². The van der Waals surface area contributed by atoms with Crippen LogP contribution in [0, 0.1) is 13.8 Å². The first-order chi connectivity index (χ1) is 9.72. The summed E-state index contributed by atoms with van der Waals surface area (Å²) in [5, 5.41) is 5.72. The Kier molecular flexibility index (Phi) is 3.48. The van der Waals surface area contributed by atoms with E-state index in [4.69, 9.17) is 4.42 Å². The van der Waals surface area contributed by atoms with Crippen LogP contribution in [0.15, 0.2) is 41.1 Å². The summed E-state index contributed by atoms with van der Waals surface area (Å²) in [4.78, 5) is 8.47. The highest BCUT2D eigenvalue weighted by Gasteiger charge is 2.04. The Bertz CT molecular complexity index is 714. The van der Waals surface area contributed by atoms with Crippen molar-refractivity contribution in [3.05, 3.63) is 59.6 Å². The molecule has 0 radical (unpaired) electrons. The Morgan fingerprint density at radius 2 is 2.00 bits per heavy atom. The van der Waals surface area contributed by atoms with E-state index in [1.807, 2.05) is 32.3 Å². The average Bonchev–Trinajstić information content (AvgIpc) is 2.77. The minimum Gasteiger partial charge on any atom is -0.444 e. The number of benzene rings is 1. The minimum atomic E-state index is 0.642. The SMILES string of the molecule is Cc1nc(CNCc2ccc3cnccc3c2)oc1C. The zero-order valence-corrected chi connectivity index (χ0v) is 11.7. The van der Waals surface area contributed by atoms with Crippen LogP contribution in [0.4, 0.5) is 0 Å². The summed E-state index contributed by atoms with van der Waals surface area (Å²) in [6.45, 7) is 5.32. The summed E-state index contributed by atoms with van der Waals surface area (Å²) in [6.07, 6.45) is 3.70. The van der Waals surface area contributed by atoms with E-state index < -0.39 is 0 Å². The van der Waals surface area contributed by atoms with Gasteiger partial charge in [-0.3, -0.25) is 4.98 Å². The molecule has 3 rings (SSSR count). The van der Waals surface area contributed by atoms with Gasteiger partial charge in [0, 0.05) is 24.3 Å². The maximum atomic E-state index is 5.54. The third-order valence-corrected chi connectivity index (χ3v) is 3.38. The fourth-order valence-electron chi connectivity index (χ4n) is 2.17. The Morgan fingerprint density at radius 3 is 2.80 bits per heavy atom. The predicted octanol–water partition coefficient (Wildman–Crippen LogP) is 3.13. The Balaban J connectivity index is 1.64. The number of aromatic nitrogens is 2. The van der Waals surface area contributed by atoms with Crippen LogP contribution in [0.5, 0.6) is 0 Å². The lowest BCUT2D eigenvalue weighted by Gasteiger charge is -2.04. The molecule has 0 spiro atoms. The van der Waals surface area contributed by atoms with Gasteiger partial charge in [-0.2, -0.15) is 0 Å². The number of pyridine rings is 1. The van der Waals surface area contributed by atoms with Gasteiger partial charge >= 0.3 is 0 Å². The van der Waals surface area contributed by atoms with E-state index in [2.05, 4.69) is 33.5 Å². The third-order valence-electron chi connectivity index (χ3n) is 3.38. The van der Waals surface area contributed by atoms with Gasteiger partial charge in [-0.25, -0.2) is 4.98 Å². The predicted molar refractivity (Wildman–Crippen MR) is 78.3 cm³/mol. The van der Waals surface area contributed by atoms with Gasteiger partial charge in [-0.15, -0.1) is 0 Å². The van der Waals surface area contributed by atoms with Gasteiger partial charge in [0.25, 0.3) is 0 Å². The fourth-order valence-corrected chi connectivity index (χ4v) is 2.17. The van der Waals surface area contributed by atoms with E-state index in [1.54, 1.807) is 0 Å². The lowest BCUT2D eigenvalue weighted by atomic mass is 10.1. The molecule has 2 aromatic heterocycles. The fraction of sp³-hybridized carbons (Fsp3) is 0.250. The van der Waals surface area contributed by atoms with Gasteiger partial charge in [0.05, 0.1) is 12.2 Å². The molecule has 1 aromatic carbocycles. The minimum absolute atomic E-state index is 0.642. The molecule has 2 heterocycles. The summed E-state index contributed by atoms with van der Waals surface area (Å²) >= 11 is 0. The average molecular weight is 267 g/mol. The number of aryl methyl sites for hydroxylation is 2. The Morgan fingerprint density at radius 1 is 1.10 bits per heavy atom. The van der Waals surface area contributed by atoms with E-state index >= 15 is 0 Å². The standard InChI is InChI=1S/C16H17N3O/c1-11-12(2)20-16(19-11)10-18-8-13-3-4-15-9-17-6-5-14(15)7-13/h3-7,9,18H,8,10H2,1-2H3. The third kappa shape index (κ3) is 2.70. The van der Waals surface area contributed by atoms with Crippen LogP contribution in [-0.4, -0.2) is 9.97 Å². The van der Waals surface area contributed by atoms with Crippen LogP contribution in [0.25, 0.3) is 10.8 Å². The van der Waals surface area contributed by atoms with Crippen LogP contribution < -0.4 is 5.32 Å². The Labute approximate surface area is 117 Å². The molecular formula is C16H17N3O. The highest BCUT2D eigenvalue weighted by molar-refractivity contribution is 5.81. The second-order valence-electron chi connectivity index (χ2n) is 4.91. The highest BCUT2D eigenvalue weighted by atomic mass is 16.4. The first kappa shape index (κ1) is 12.8. The lowest BCUT2D eigenvalue weighted by Crippen LogP contribution is -2.12. The number of oxazole rings is 1. The summed E-state index contributed by atoms with van der Waals surface area (Å²) in [6, 6.07) is 8.41. The number of nitrogens with one attached hydrogen (secondary N) is 1. The maximum absolute atomic E-state index is 5.54. The molecule has 0 saturated carbocycles. The number of fused-ring (bicyclic) bond motifs is 1. The van der Waals surface area contributed by atoms with Crippen molar-refractivity contribution in [1.29, 1.82) is 0 Å². The molecule has 0 aliphatic heterocycles. The van der Waals surface area contributed by atoms with Crippen molar-refractivity contribution in [2.75, 3.05) is 0 Å². The zero-order chi connectivity index (χ0) is 13.9. The number of nitrogens with zero attached hydrogens (tertiary/aromatic N) is 2. The highest BCUT2D eigenvalue weighted by Crippen LogP contribution is 2.14. The van der Waals surface area contributed by atoms with Gasteiger partial charge in [0.1, 0.15) is 5.76 Å². The molecule has 0 saturated heterocycles. The molecule has 0 fully saturated rings. The molecule has 20 heavy (non-hydrogen) atoms. The largest absolute Gasteiger partial charge is 0.444 e. The zero-order valence-electron chi connectivity index (χ0n) is 11.7. The van der Waals surface area contributed by atoms with E-state index in [0.29, 0.717) is 6.54 Å². The molecule has 0 aliphatic carbocycles. The van der Waals surface area contributed by atoms with Gasteiger partial charge < -0.3 is 9.73 Å². The number of hydrogen-bond donors (Lipinski definition) is 1. The van der Waals surface area contributed by atoms with Gasteiger partial charge in [0.15, 0.2) is 0 Å². The molecular weight excluding hydrogens is 250 g/mol. The van der Waals surface area contributed by atoms with Gasteiger partial charge in [-0.05, 0) is 36.9 Å². The summed E-state index contributed by atoms with van der Waals surface area (Å²) in [5.41, 5.74) is 2.20. The van der Waals surface area contributed by atoms with E-state index in [9.17, 15) is 0 Å². The molecule has 0 unspecified atom stereocenters. The van der Waals surface area contributed by atoms with Crippen molar-refractivity contribution in [2.24, 2.45) is 0 Å². The van der Waals surface area contributed by atoms with Crippen LogP contribution in [-0.2, 0) is 13.1 Å². The molecule has 102 valence electrons. The molecule has 0 bridgehead atoms. The van der Waals surface area contributed by atoms with Crippen molar-refractivity contribution in [2.45, 2.75) is 26.9 Å². The van der Waals surface area contributed by atoms with Crippen molar-refractivity contribution in [3.8, 4) is 0 Å².